The molecule has 0 radical (unpaired) electrons. The van der Waals surface area contributed by atoms with E-state index >= 15 is 0 Å². The van der Waals surface area contributed by atoms with Crippen molar-refractivity contribution in [1.29, 1.82) is 0 Å². The van der Waals surface area contributed by atoms with Crippen LogP contribution in [0, 0.1) is 3.57 Å². The highest BCUT2D eigenvalue weighted by Gasteiger charge is 2.27. The van der Waals surface area contributed by atoms with Crippen LogP contribution in [0.2, 0.25) is 5.02 Å². The molecule has 0 saturated carbocycles. The Morgan fingerprint density at radius 1 is 0.975 bits per heavy atom. The molecule has 0 saturated heterocycles. The van der Waals surface area contributed by atoms with Crippen LogP contribution in [0.25, 0.3) is 0 Å². The molecule has 206 valence electrons. The number of amides is 1. The second-order valence-corrected chi connectivity index (χ2v) is 12.0. The van der Waals surface area contributed by atoms with E-state index in [9.17, 15) is 13.2 Å². The molecule has 0 aromatic heterocycles. The summed E-state index contributed by atoms with van der Waals surface area (Å²) in [5.41, 5.74) is 4.37. The molecule has 8 nitrogen and oxygen atoms in total. The number of anilines is 1. The van der Waals surface area contributed by atoms with Crippen molar-refractivity contribution in [1.82, 2.24) is 5.43 Å². The molecule has 0 aliphatic carbocycles. The van der Waals surface area contributed by atoms with Gasteiger partial charge in [-0.15, -0.1) is 0 Å². The number of hydrazone groups is 1. The first-order valence-corrected chi connectivity index (χ1v) is 14.9. The van der Waals surface area contributed by atoms with Crippen LogP contribution in [0.5, 0.6) is 11.5 Å². The molecule has 40 heavy (non-hydrogen) atoms. The van der Waals surface area contributed by atoms with Crippen molar-refractivity contribution in [3.8, 4) is 11.5 Å². The molecule has 0 aliphatic rings. The maximum absolute atomic E-state index is 13.4. The molecule has 1 N–H and O–H groups in total. The first kappa shape index (κ1) is 29.4. The minimum Gasteiger partial charge on any atom is -0.493 e. The van der Waals surface area contributed by atoms with Crippen LogP contribution in [0.4, 0.5) is 5.69 Å². The number of hydrogen-bond acceptors (Lipinski definition) is 6. The van der Waals surface area contributed by atoms with E-state index in [4.69, 9.17) is 21.1 Å². The standard InChI is InChI=1S/C29H25ClIN3O5S/c1-38-28-17-22(9-16-27(28)39-20-21-7-10-23(30)11-8-21)18-32-33-29(35)19-34(25-14-12-24(31)13-15-25)40(36,37)26-5-3-2-4-6-26/h2-18H,19-20H2,1H3,(H,33,35)/b32-18-. The summed E-state index contributed by atoms with van der Waals surface area (Å²) in [7, 11) is -2.47. The van der Waals surface area contributed by atoms with E-state index < -0.39 is 22.5 Å². The zero-order valence-corrected chi connectivity index (χ0v) is 25.1. The molecule has 4 aromatic rings. The maximum Gasteiger partial charge on any atom is 0.264 e. The van der Waals surface area contributed by atoms with Crippen molar-refractivity contribution >= 4 is 62.0 Å². The minimum atomic E-state index is -4.00. The number of halogens is 2. The molecule has 1 amide bonds. The van der Waals surface area contributed by atoms with Gasteiger partial charge in [0.2, 0.25) is 0 Å². The van der Waals surface area contributed by atoms with E-state index in [0.29, 0.717) is 34.4 Å². The fraction of sp³-hybridized carbons (Fsp3) is 0.103. The van der Waals surface area contributed by atoms with E-state index in [1.807, 2.05) is 12.1 Å². The Balaban J connectivity index is 1.44. The normalized spacial score (nSPS) is 11.3. The Kier molecular flexibility index (Phi) is 10.0. The monoisotopic (exact) mass is 689 g/mol. The van der Waals surface area contributed by atoms with Gasteiger partial charge in [0, 0.05) is 8.59 Å². The first-order valence-electron chi connectivity index (χ1n) is 12.0. The second-order valence-electron chi connectivity index (χ2n) is 8.42. The molecule has 11 heteroatoms. The smallest absolute Gasteiger partial charge is 0.264 e. The van der Waals surface area contributed by atoms with Gasteiger partial charge in [-0.3, -0.25) is 9.10 Å². The molecule has 0 heterocycles. The molecule has 0 unspecified atom stereocenters. The molecular weight excluding hydrogens is 665 g/mol. The highest BCUT2D eigenvalue weighted by atomic mass is 127. The van der Waals surface area contributed by atoms with Crippen molar-refractivity contribution < 1.29 is 22.7 Å². The third-order valence-corrected chi connectivity index (χ3v) is 8.39. The Labute approximate surface area is 251 Å². The molecule has 0 aliphatic heterocycles. The lowest BCUT2D eigenvalue weighted by Crippen LogP contribution is -2.39. The number of hydrogen-bond donors (Lipinski definition) is 1. The summed E-state index contributed by atoms with van der Waals surface area (Å²) < 4.78 is 40.1. The first-order chi connectivity index (χ1) is 19.3. The molecule has 0 fully saturated rings. The summed E-state index contributed by atoms with van der Waals surface area (Å²) in [6.45, 7) is -0.129. The van der Waals surface area contributed by atoms with Crippen molar-refractivity contribution in [2.24, 2.45) is 5.10 Å². The summed E-state index contributed by atoms with van der Waals surface area (Å²) >= 11 is 8.06. The number of nitrogens with zero attached hydrogens (tertiary/aromatic N) is 2. The number of ether oxygens (including phenoxy) is 2. The highest BCUT2D eigenvalue weighted by molar-refractivity contribution is 14.1. The van der Waals surface area contributed by atoms with Crippen LogP contribution < -0.4 is 19.2 Å². The summed E-state index contributed by atoms with van der Waals surface area (Å²) in [6, 6.07) is 27.4. The van der Waals surface area contributed by atoms with Crippen molar-refractivity contribution in [3.05, 3.63) is 117 Å². The lowest BCUT2D eigenvalue weighted by atomic mass is 10.2. The fourth-order valence-electron chi connectivity index (χ4n) is 3.61. The number of rotatable bonds is 11. The molecule has 0 atom stereocenters. The van der Waals surface area contributed by atoms with Gasteiger partial charge in [0.1, 0.15) is 13.2 Å². The van der Waals surface area contributed by atoms with Crippen molar-refractivity contribution in [2.45, 2.75) is 11.5 Å². The van der Waals surface area contributed by atoms with Gasteiger partial charge in [0.05, 0.1) is 23.9 Å². The predicted molar refractivity (Wildman–Crippen MR) is 165 cm³/mol. The zero-order chi connectivity index (χ0) is 28.5. The average molecular weight is 690 g/mol. The quantitative estimate of drug-likeness (QED) is 0.121. The number of carbonyl (C=O) groups is 1. The van der Waals surface area contributed by atoms with Crippen LogP contribution in [0.3, 0.4) is 0 Å². The Morgan fingerprint density at radius 2 is 1.68 bits per heavy atom. The van der Waals surface area contributed by atoms with Gasteiger partial charge in [-0.05, 0) is 100 Å². The molecule has 0 spiro atoms. The molecular formula is C29H25ClIN3O5S. The topological polar surface area (TPSA) is 97.3 Å². The van der Waals surface area contributed by atoms with Crippen LogP contribution in [-0.2, 0) is 21.4 Å². The zero-order valence-electron chi connectivity index (χ0n) is 21.3. The van der Waals surface area contributed by atoms with Gasteiger partial charge >= 0.3 is 0 Å². The lowest BCUT2D eigenvalue weighted by Gasteiger charge is -2.23. The predicted octanol–water partition coefficient (Wildman–Crippen LogP) is 5.88. The van der Waals surface area contributed by atoms with E-state index in [1.54, 1.807) is 72.8 Å². The number of sulfonamides is 1. The summed E-state index contributed by atoms with van der Waals surface area (Å²) in [4.78, 5) is 12.9. The second kappa shape index (κ2) is 13.6. The fourth-order valence-corrected chi connectivity index (χ4v) is 5.54. The van der Waals surface area contributed by atoms with E-state index in [-0.39, 0.29) is 4.90 Å². The minimum absolute atomic E-state index is 0.0790. The van der Waals surface area contributed by atoms with Gasteiger partial charge in [-0.1, -0.05) is 41.9 Å². The summed E-state index contributed by atoms with van der Waals surface area (Å²) in [5.74, 6) is 0.421. The van der Waals surface area contributed by atoms with Crippen LogP contribution in [0.1, 0.15) is 11.1 Å². The summed E-state index contributed by atoms with van der Waals surface area (Å²) in [5, 5.41) is 4.66. The highest BCUT2D eigenvalue weighted by Crippen LogP contribution is 2.29. The average Bonchev–Trinajstić information content (AvgIpc) is 2.97. The number of benzene rings is 4. The summed E-state index contributed by atoms with van der Waals surface area (Å²) in [6.07, 6.45) is 1.43. The Bertz CT molecular complexity index is 1580. The van der Waals surface area contributed by atoms with Crippen LogP contribution in [0.15, 0.2) is 107 Å². The molecule has 4 aromatic carbocycles. The molecule has 4 rings (SSSR count). The van der Waals surface area contributed by atoms with Gasteiger partial charge in [0.25, 0.3) is 15.9 Å². The largest absolute Gasteiger partial charge is 0.493 e. The number of nitrogens with one attached hydrogen (secondary N) is 1. The lowest BCUT2D eigenvalue weighted by molar-refractivity contribution is -0.119. The van der Waals surface area contributed by atoms with Crippen LogP contribution in [-0.4, -0.2) is 34.2 Å². The third kappa shape index (κ3) is 7.74. The van der Waals surface area contributed by atoms with E-state index in [0.717, 1.165) is 13.4 Å². The van der Waals surface area contributed by atoms with Crippen molar-refractivity contribution in [3.63, 3.8) is 0 Å². The Hall–Kier alpha value is -3.61. The molecule has 0 bridgehead atoms. The number of methoxy groups -OCH3 is 1. The number of carbonyl (C=O) groups excluding carboxylic acids is 1. The van der Waals surface area contributed by atoms with E-state index in [2.05, 4.69) is 33.1 Å². The third-order valence-electron chi connectivity index (χ3n) is 5.63. The van der Waals surface area contributed by atoms with Gasteiger partial charge in [-0.2, -0.15) is 5.10 Å². The Morgan fingerprint density at radius 3 is 2.35 bits per heavy atom. The maximum atomic E-state index is 13.4. The van der Waals surface area contributed by atoms with Gasteiger partial charge in [0.15, 0.2) is 11.5 Å². The van der Waals surface area contributed by atoms with Crippen molar-refractivity contribution in [2.75, 3.05) is 18.0 Å². The van der Waals surface area contributed by atoms with Gasteiger partial charge in [-0.25, -0.2) is 13.8 Å². The van der Waals surface area contributed by atoms with Crippen LogP contribution >= 0.6 is 34.2 Å². The SMILES string of the molecule is COc1cc(/C=N\NC(=O)CN(c2ccc(I)cc2)S(=O)(=O)c2ccccc2)ccc1OCc1ccc(Cl)cc1. The van der Waals surface area contributed by atoms with Gasteiger partial charge < -0.3 is 9.47 Å². The van der Waals surface area contributed by atoms with E-state index in [1.165, 1.54) is 25.5 Å².